The summed E-state index contributed by atoms with van der Waals surface area (Å²) in [5, 5.41) is 4.28. The minimum atomic E-state index is 0.732. The molecule has 0 spiro atoms. The molecule has 0 aromatic heterocycles. The first kappa shape index (κ1) is 20.5. The average Bonchev–Trinajstić information content (AvgIpc) is 3.19. The van der Waals surface area contributed by atoms with Crippen molar-refractivity contribution in [3.63, 3.8) is 0 Å². The lowest BCUT2D eigenvalue weighted by Gasteiger charge is -2.38. The normalized spacial score (nSPS) is 29.0. The van der Waals surface area contributed by atoms with Gasteiger partial charge in [-0.25, -0.2) is 0 Å². The van der Waals surface area contributed by atoms with Crippen molar-refractivity contribution in [1.82, 2.24) is 15.1 Å². The van der Waals surface area contributed by atoms with Crippen LogP contribution in [0.15, 0.2) is 39.1 Å². The molecule has 4 nitrogen and oxygen atoms in total. The van der Waals surface area contributed by atoms with Crippen LogP contribution in [0.3, 0.4) is 0 Å². The first-order valence-electron chi connectivity index (χ1n) is 10.4. The van der Waals surface area contributed by atoms with Crippen molar-refractivity contribution in [1.29, 1.82) is 0 Å². The van der Waals surface area contributed by atoms with Crippen LogP contribution in [0.4, 0.5) is 0 Å². The van der Waals surface area contributed by atoms with Crippen molar-refractivity contribution in [2.24, 2.45) is 10.9 Å². The van der Waals surface area contributed by atoms with E-state index in [-0.39, 0.29) is 0 Å². The number of hydrogen-bond donors (Lipinski definition) is 1. The Kier molecular flexibility index (Phi) is 6.69. The van der Waals surface area contributed by atoms with Gasteiger partial charge >= 0.3 is 0 Å². The maximum absolute atomic E-state index is 6.28. The topological polar surface area (TPSA) is 30.9 Å². The molecule has 2 aliphatic heterocycles. The molecule has 2 atom stereocenters. The van der Waals surface area contributed by atoms with Gasteiger partial charge in [-0.2, -0.15) is 0 Å². The van der Waals surface area contributed by atoms with Gasteiger partial charge in [0, 0.05) is 43.0 Å². The Balaban J connectivity index is 1.82. The van der Waals surface area contributed by atoms with Gasteiger partial charge in [-0.15, -0.1) is 0 Å². The molecule has 1 N–H and O–H groups in total. The van der Waals surface area contributed by atoms with Crippen LogP contribution in [0.25, 0.3) is 0 Å². The van der Waals surface area contributed by atoms with Gasteiger partial charge in [-0.05, 0) is 71.1 Å². The van der Waals surface area contributed by atoms with E-state index in [4.69, 9.17) is 11.6 Å². The van der Waals surface area contributed by atoms with Crippen molar-refractivity contribution in [3.05, 3.63) is 34.2 Å². The fraction of sp³-hybridized carbons (Fsp3) is 0.682. The molecule has 0 amide bonds. The van der Waals surface area contributed by atoms with Crippen LogP contribution in [0.1, 0.15) is 53.4 Å². The van der Waals surface area contributed by atoms with Gasteiger partial charge in [0.25, 0.3) is 0 Å². The SMILES string of the molecule is C\C=C(Cl)/C=C(C)/C(NC(C)=NC)=C(/C)N1CC2CCN(C3CCC3)C2C1. The van der Waals surface area contributed by atoms with Crippen molar-refractivity contribution in [3.8, 4) is 0 Å². The Bertz CT molecular complexity index is 672. The van der Waals surface area contributed by atoms with Crippen molar-refractivity contribution >= 4 is 17.4 Å². The Labute approximate surface area is 170 Å². The smallest absolute Gasteiger partial charge is 0.0972 e. The summed E-state index contributed by atoms with van der Waals surface area (Å²) in [4.78, 5) is 9.69. The zero-order chi connectivity index (χ0) is 19.6. The molecule has 3 rings (SSSR count). The third-order valence-corrected chi connectivity index (χ3v) is 6.96. The zero-order valence-electron chi connectivity index (χ0n) is 17.6. The van der Waals surface area contributed by atoms with Gasteiger partial charge in [-0.1, -0.05) is 24.1 Å². The van der Waals surface area contributed by atoms with Gasteiger partial charge in [0.2, 0.25) is 0 Å². The molecule has 1 aliphatic carbocycles. The number of aliphatic imine (C=N–C) groups is 1. The first-order chi connectivity index (χ1) is 12.9. The Hall–Kier alpha value is -1.26. The van der Waals surface area contributed by atoms with Crippen LogP contribution in [0.5, 0.6) is 0 Å². The predicted octanol–water partition coefficient (Wildman–Crippen LogP) is 4.50. The molecule has 3 fully saturated rings. The second-order valence-corrected chi connectivity index (χ2v) is 8.68. The minimum Gasteiger partial charge on any atom is -0.371 e. The summed E-state index contributed by atoms with van der Waals surface area (Å²) in [5.41, 5.74) is 3.58. The van der Waals surface area contributed by atoms with Crippen LogP contribution < -0.4 is 5.32 Å². The highest BCUT2D eigenvalue weighted by Crippen LogP contribution is 2.39. The fourth-order valence-electron chi connectivity index (χ4n) is 4.67. The zero-order valence-corrected chi connectivity index (χ0v) is 18.3. The third-order valence-electron chi connectivity index (χ3n) is 6.64. The molecule has 2 unspecified atom stereocenters. The lowest BCUT2D eigenvalue weighted by atomic mass is 9.90. The van der Waals surface area contributed by atoms with E-state index in [0.717, 1.165) is 53.2 Å². The summed E-state index contributed by atoms with van der Waals surface area (Å²) in [5.74, 6) is 1.73. The monoisotopic (exact) mass is 390 g/mol. The number of allylic oxidation sites excluding steroid dienone is 5. The van der Waals surface area contributed by atoms with Crippen LogP contribution in [0.2, 0.25) is 0 Å². The maximum atomic E-state index is 6.28. The molecule has 150 valence electrons. The van der Waals surface area contributed by atoms with Crippen LogP contribution in [0, 0.1) is 5.92 Å². The summed E-state index contributed by atoms with van der Waals surface area (Å²) in [7, 11) is 1.82. The highest BCUT2D eigenvalue weighted by Gasteiger charge is 2.45. The molecule has 0 bridgehead atoms. The number of rotatable bonds is 5. The lowest BCUT2D eigenvalue weighted by molar-refractivity contribution is 0.109. The number of nitrogens with one attached hydrogen (secondary N) is 1. The minimum absolute atomic E-state index is 0.732. The van der Waals surface area contributed by atoms with Crippen molar-refractivity contribution < 1.29 is 0 Å². The summed E-state index contributed by atoms with van der Waals surface area (Å²) in [6.07, 6.45) is 9.54. The first-order valence-corrected chi connectivity index (χ1v) is 10.7. The lowest BCUT2D eigenvalue weighted by Crippen LogP contribution is -2.45. The van der Waals surface area contributed by atoms with Gasteiger partial charge in [0.15, 0.2) is 0 Å². The number of fused-ring (bicyclic) bond motifs is 1. The number of likely N-dealkylation sites (tertiary alicyclic amines) is 2. The van der Waals surface area contributed by atoms with E-state index < -0.39 is 0 Å². The van der Waals surface area contributed by atoms with E-state index in [2.05, 4.69) is 34.0 Å². The predicted molar refractivity (Wildman–Crippen MR) is 116 cm³/mol. The summed E-state index contributed by atoms with van der Waals surface area (Å²) < 4.78 is 0. The molecule has 1 saturated carbocycles. The van der Waals surface area contributed by atoms with E-state index in [1.165, 1.54) is 37.9 Å². The van der Waals surface area contributed by atoms with Crippen molar-refractivity contribution in [2.75, 3.05) is 26.7 Å². The second-order valence-electron chi connectivity index (χ2n) is 8.24. The quantitative estimate of drug-likeness (QED) is 0.426. The highest BCUT2D eigenvalue weighted by atomic mass is 35.5. The third kappa shape index (κ3) is 4.43. The van der Waals surface area contributed by atoms with Crippen LogP contribution >= 0.6 is 11.6 Å². The molecule has 0 aromatic rings. The van der Waals surface area contributed by atoms with Crippen molar-refractivity contribution in [2.45, 2.75) is 65.5 Å². The molecule has 3 aliphatic rings. The molecular formula is C22H35ClN4. The number of hydrogen-bond acceptors (Lipinski definition) is 3. The average molecular weight is 391 g/mol. The molecular weight excluding hydrogens is 356 g/mol. The summed E-state index contributed by atoms with van der Waals surface area (Å²) >= 11 is 6.28. The molecule has 0 aromatic carbocycles. The Morgan fingerprint density at radius 1 is 1.15 bits per heavy atom. The Morgan fingerprint density at radius 2 is 1.89 bits per heavy atom. The van der Waals surface area contributed by atoms with Crippen LogP contribution in [-0.4, -0.2) is 54.4 Å². The largest absolute Gasteiger partial charge is 0.371 e. The van der Waals surface area contributed by atoms with Gasteiger partial charge < -0.3 is 10.2 Å². The van der Waals surface area contributed by atoms with E-state index in [9.17, 15) is 0 Å². The van der Waals surface area contributed by atoms with Gasteiger partial charge in [0.05, 0.1) is 11.5 Å². The molecule has 27 heavy (non-hydrogen) atoms. The van der Waals surface area contributed by atoms with Gasteiger partial charge in [-0.3, -0.25) is 9.89 Å². The summed E-state index contributed by atoms with van der Waals surface area (Å²) in [6.45, 7) is 11.9. The molecule has 2 saturated heterocycles. The Morgan fingerprint density at radius 3 is 2.48 bits per heavy atom. The fourth-order valence-corrected chi connectivity index (χ4v) is 4.84. The number of halogens is 1. The standard InChI is InChI=1S/C22H35ClN4/c1-6-19(23)12-15(2)22(25-17(4)24-5)16(3)26-13-18-10-11-27(21(18)14-26)20-8-7-9-20/h6,12,18,20-21H,7-11,13-14H2,1-5H3,(H,24,25)/b15-12+,19-6+,22-16+. The van der Waals surface area contributed by atoms with E-state index in [1.807, 2.05) is 33.0 Å². The number of amidine groups is 1. The van der Waals surface area contributed by atoms with E-state index in [0.29, 0.717) is 0 Å². The molecule has 2 heterocycles. The van der Waals surface area contributed by atoms with E-state index in [1.54, 1.807) is 0 Å². The molecule has 5 heteroatoms. The summed E-state index contributed by atoms with van der Waals surface area (Å²) in [6, 6.07) is 1.59. The van der Waals surface area contributed by atoms with Crippen LogP contribution in [-0.2, 0) is 0 Å². The van der Waals surface area contributed by atoms with E-state index >= 15 is 0 Å². The van der Waals surface area contributed by atoms with Gasteiger partial charge in [0.1, 0.15) is 0 Å². The molecule has 0 radical (unpaired) electrons. The highest BCUT2D eigenvalue weighted by molar-refractivity contribution is 6.31. The second kappa shape index (κ2) is 8.83. The maximum Gasteiger partial charge on any atom is 0.0972 e. The number of nitrogens with zero attached hydrogens (tertiary/aromatic N) is 3.